The van der Waals surface area contributed by atoms with Gasteiger partial charge in [0.15, 0.2) is 6.61 Å². The Balaban J connectivity index is 2.47. The van der Waals surface area contributed by atoms with Gasteiger partial charge >= 0.3 is 5.97 Å². The normalized spacial score (nSPS) is 10.0. The van der Waals surface area contributed by atoms with Gasteiger partial charge in [-0.2, -0.15) is 0 Å². The molecule has 0 radical (unpaired) electrons. The Labute approximate surface area is 117 Å². The number of carbonyl (C=O) groups excluding carboxylic acids is 2. The topological polar surface area (TPSA) is 81.4 Å². The Morgan fingerprint density at radius 1 is 1.42 bits per heavy atom. The summed E-state index contributed by atoms with van der Waals surface area (Å²) < 4.78 is 4.87. The molecular weight excluding hydrogens is 268 g/mol. The fraction of sp³-hybridized carbons (Fsp3) is 0.385. The van der Waals surface area contributed by atoms with Crippen LogP contribution in [0.3, 0.4) is 0 Å². The number of anilines is 1. The summed E-state index contributed by atoms with van der Waals surface area (Å²) in [6.07, 6.45) is 1.87. The molecule has 1 amide bonds. The zero-order valence-corrected chi connectivity index (χ0v) is 11.5. The summed E-state index contributed by atoms with van der Waals surface area (Å²) in [7, 11) is 0. The van der Waals surface area contributed by atoms with Crippen molar-refractivity contribution >= 4 is 29.2 Å². The first kappa shape index (κ1) is 15.3. The predicted octanol–water partition coefficient (Wildman–Crippen LogP) is 2.00. The summed E-state index contributed by atoms with van der Waals surface area (Å²) in [5.41, 5.74) is 6.12. The monoisotopic (exact) mass is 284 g/mol. The Bertz CT molecular complexity index is 463. The van der Waals surface area contributed by atoms with Crippen molar-refractivity contribution in [2.45, 2.75) is 19.8 Å². The van der Waals surface area contributed by atoms with Gasteiger partial charge < -0.3 is 15.8 Å². The van der Waals surface area contributed by atoms with Crippen LogP contribution in [0.4, 0.5) is 5.69 Å². The lowest BCUT2D eigenvalue weighted by Gasteiger charge is -2.07. The third kappa shape index (κ3) is 5.18. The molecule has 0 bridgehead atoms. The number of halogens is 1. The highest BCUT2D eigenvalue weighted by Crippen LogP contribution is 2.19. The van der Waals surface area contributed by atoms with Crippen molar-refractivity contribution < 1.29 is 14.3 Å². The lowest BCUT2D eigenvalue weighted by Crippen LogP contribution is -2.29. The van der Waals surface area contributed by atoms with Gasteiger partial charge in [-0.05, 0) is 24.6 Å². The van der Waals surface area contributed by atoms with E-state index in [0.29, 0.717) is 12.2 Å². The largest absolute Gasteiger partial charge is 0.452 e. The van der Waals surface area contributed by atoms with Crippen LogP contribution in [0.25, 0.3) is 0 Å². The van der Waals surface area contributed by atoms with Gasteiger partial charge in [0.25, 0.3) is 5.91 Å². The van der Waals surface area contributed by atoms with E-state index in [2.05, 4.69) is 5.32 Å². The van der Waals surface area contributed by atoms with Crippen molar-refractivity contribution in [3.8, 4) is 0 Å². The van der Waals surface area contributed by atoms with E-state index in [9.17, 15) is 9.59 Å². The second-order valence-corrected chi connectivity index (χ2v) is 4.43. The lowest BCUT2D eigenvalue weighted by molar-refractivity contribution is -0.124. The number of esters is 1. The number of hydrogen-bond acceptors (Lipinski definition) is 4. The number of ether oxygens (including phenoxy) is 1. The molecule has 19 heavy (non-hydrogen) atoms. The van der Waals surface area contributed by atoms with Gasteiger partial charge in [-0.25, -0.2) is 4.79 Å². The fourth-order valence-corrected chi connectivity index (χ4v) is 1.56. The highest BCUT2D eigenvalue weighted by atomic mass is 35.5. The summed E-state index contributed by atoms with van der Waals surface area (Å²) in [5, 5.41) is 2.88. The summed E-state index contributed by atoms with van der Waals surface area (Å²) in [5.74, 6) is -0.996. The predicted molar refractivity (Wildman–Crippen MR) is 74.1 cm³/mol. The van der Waals surface area contributed by atoms with Gasteiger partial charge in [-0.3, -0.25) is 4.79 Å². The van der Waals surface area contributed by atoms with Crippen molar-refractivity contribution in [3.63, 3.8) is 0 Å². The molecule has 5 nitrogen and oxygen atoms in total. The highest BCUT2D eigenvalue weighted by Gasteiger charge is 2.13. The smallest absolute Gasteiger partial charge is 0.340 e. The third-order valence-corrected chi connectivity index (χ3v) is 2.73. The van der Waals surface area contributed by atoms with Gasteiger partial charge in [0.05, 0.1) is 10.6 Å². The maximum absolute atomic E-state index is 11.7. The minimum absolute atomic E-state index is 0.156. The molecule has 0 saturated carbocycles. The Morgan fingerprint density at radius 2 is 2.16 bits per heavy atom. The molecule has 0 aliphatic carbocycles. The number of benzene rings is 1. The van der Waals surface area contributed by atoms with Crippen LogP contribution < -0.4 is 11.1 Å². The molecule has 0 fully saturated rings. The number of nitrogens with two attached hydrogens (primary N) is 1. The molecule has 0 aliphatic rings. The SMILES string of the molecule is CCCCNC(=O)COC(=O)c1cc(N)ccc1Cl. The van der Waals surface area contributed by atoms with Crippen LogP contribution in [0.5, 0.6) is 0 Å². The molecule has 0 heterocycles. The molecule has 0 unspecified atom stereocenters. The molecule has 0 aromatic heterocycles. The van der Waals surface area contributed by atoms with Crippen molar-refractivity contribution in [2.24, 2.45) is 0 Å². The number of nitrogens with one attached hydrogen (secondary N) is 1. The van der Waals surface area contributed by atoms with E-state index in [1.807, 2.05) is 6.92 Å². The summed E-state index contributed by atoms with van der Waals surface area (Å²) in [4.78, 5) is 23.1. The number of hydrogen-bond donors (Lipinski definition) is 2. The minimum Gasteiger partial charge on any atom is -0.452 e. The molecule has 1 aromatic carbocycles. The number of rotatable bonds is 6. The van der Waals surface area contributed by atoms with Crippen molar-refractivity contribution in [2.75, 3.05) is 18.9 Å². The average Bonchev–Trinajstić information content (AvgIpc) is 2.39. The van der Waals surface area contributed by atoms with E-state index in [1.165, 1.54) is 12.1 Å². The Hall–Kier alpha value is -1.75. The van der Waals surface area contributed by atoms with E-state index in [-0.39, 0.29) is 23.1 Å². The van der Waals surface area contributed by atoms with Crippen LogP contribution >= 0.6 is 11.6 Å². The molecule has 6 heteroatoms. The summed E-state index contributed by atoms with van der Waals surface area (Å²) >= 11 is 5.85. The summed E-state index contributed by atoms with van der Waals surface area (Å²) in [6.45, 7) is 2.27. The Morgan fingerprint density at radius 3 is 2.84 bits per heavy atom. The van der Waals surface area contributed by atoms with Crippen LogP contribution in [0.2, 0.25) is 5.02 Å². The number of amides is 1. The van der Waals surface area contributed by atoms with Gasteiger partial charge in [0.1, 0.15) is 0 Å². The maximum atomic E-state index is 11.7. The van der Waals surface area contributed by atoms with Crippen LogP contribution in [0, 0.1) is 0 Å². The molecule has 0 spiro atoms. The van der Waals surface area contributed by atoms with Crippen LogP contribution in [-0.2, 0) is 9.53 Å². The summed E-state index contributed by atoms with van der Waals surface area (Å²) in [6, 6.07) is 4.50. The highest BCUT2D eigenvalue weighted by molar-refractivity contribution is 6.33. The zero-order valence-electron chi connectivity index (χ0n) is 10.7. The number of nitrogen functional groups attached to an aromatic ring is 1. The van der Waals surface area contributed by atoms with Crippen molar-refractivity contribution in [1.29, 1.82) is 0 Å². The third-order valence-electron chi connectivity index (χ3n) is 2.40. The van der Waals surface area contributed by atoms with Crippen molar-refractivity contribution in [3.05, 3.63) is 28.8 Å². The molecular formula is C13H17ClN2O3. The standard InChI is InChI=1S/C13H17ClN2O3/c1-2-3-6-16-12(17)8-19-13(18)10-7-9(15)4-5-11(10)14/h4-5,7H,2-3,6,8,15H2,1H3,(H,16,17). The molecule has 1 rings (SSSR count). The van der Waals surface area contributed by atoms with E-state index in [1.54, 1.807) is 6.07 Å². The van der Waals surface area contributed by atoms with E-state index in [4.69, 9.17) is 22.1 Å². The fourth-order valence-electron chi connectivity index (χ4n) is 1.36. The van der Waals surface area contributed by atoms with E-state index >= 15 is 0 Å². The minimum atomic E-state index is -0.664. The molecule has 0 atom stereocenters. The molecule has 104 valence electrons. The van der Waals surface area contributed by atoms with Gasteiger partial charge in [-0.15, -0.1) is 0 Å². The quantitative estimate of drug-likeness (QED) is 0.475. The molecule has 1 aromatic rings. The molecule has 0 saturated heterocycles. The average molecular weight is 285 g/mol. The molecule has 3 N–H and O–H groups in total. The number of carbonyl (C=O) groups is 2. The van der Waals surface area contributed by atoms with E-state index in [0.717, 1.165) is 12.8 Å². The Kier molecular flexibility index (Phi) is 6.15. The van der Waals surface area contributed by atoms with Crippen LogP contribution in [0.15, 0.2) is 18.2 Å². The van der Waals surface area contributed by atoms with Crippen LogP contribution in [0.1, 0.15) is 30.1 Å². The first-order valence-corrected chi connectivity index (χ1v) is 6.41. The lowest BCUT2D eigenvalue weighted by atomic mass is 10.2. The second-order valence-electron chi connectivity index (χ2n) is 4.02. The zero-order chi connectivity index (χ0) is 14.3. The number of unbranched alkanes of at least 4 members (excludes halogenated alkanes) is 1. The van der Waals surface area contributed by atoms with Gasteiger partial charge in [-0.1, -0.05) is 24.9 Å². The second kappa shape index (κ2) is 7.63. The van der Waals surface area contributed by atoms with Crippen molar-refractivity contribution in [1.82, 2.24) is 5.32 Å². The molecule has 0 aliphatic heterocycles. The van der Waals surface area contributed by atoms with E-state index < -0.39 is 5.97 Å². The first-order valence-electron chi connectivity index (χ1n) is 6.03. The van der Waals surface area contributed by atoms with Gasteiger partial charge in [0, 0.05) is 12.2 Å². The maximum Gasteiger partial charge on any atom is 0.340 e. The first-order chi connectivity index (χ1) is 9.04. The van der Waals surface area contributed by atoms with Gasteiger partial charge in [0.2, 0.25) is 0 Å². The van der Waals surface area contributed by atoms with Crippen LogP contribution in [-0.4, -0.2) is 25.0 Å².